The number of carbonyl (C=O) groups is 2. The molecule has 0 aliphatic carbocycles. The molecule has 7 nitrogen and oxygen atoms in total. The van der Waals surface area contributed by atoms with Gasteiger partial charge in [-0.05, 0) is 23.6 Å². The van der Waals surface area contributed by atoms with Crippen LogP contribution in [-0.4, -0.2) is 51.9 Å². The van der Waals surface area contributed by atoms with Crippen LogP contribution in [0.3, 0.4) is 0 Å². The van der Waals surface area contributed by atoms with E-state index in [-0.39, 0.29) is 18.4 Å². The minimum absolute atomic E-state index is 0.0301. The monoisotopic (exact) mass is 357 g/mol. The Labute approximate surface area is 152 Å². The Morgan fingerprint density at radius 1 is 1.31 bits per heavy atom. The number of aryl methyl sites for hydroxylation is 2. The SMILES string of the molecule is COc1ccccc1[C@H]1CN(C(=O)CCc2cnn(C)c2)C[C@@H]1C(=O)O. The lowest BCUT2D eigenvalue weighted by molar-refractivity contribution is -0.141. The van der Waals surface area contributed by atoms with E-state index in [1.54, 1.807) is 22.9 Å². The van der Waals surface area contributed by atoms with E-state index in [1.165, 1.54) is 0 Å². The highest BCUT2D eigenvalue weighted by atomic mass is 16.5. The molecule has 7 heteroatoms. The number of methoxy groups -OCH3 is 1. The van der Waals surface area contributed by atoms with E-state index in [0.717, 1.165) is 11.1 Å². The lowest BCUT2D eigenvalue weighted by atomic mass is 9.88. The Hall–Kier alpha value is -2.83. The van der Waals surface area contributed by atoms with Crippen LogP contribution >= 0.6 is 0 Å². The van der Waals surface area contributed by atoms with E-state index < -0.39 is 11.9 Å². The van der Waals surface area contributed by atoms with Crippen molar-refractivity contribution in [1.29, 1.82) is 0 Å². The first-order valence-electron chi connectivity index (χ1n) is 8.60. The summed E-state index contributed by atoms with van der Waals surface area (Å²) in [5.41, 5.74) is 1.83. The number of para-hydroxylation sites is 1. The first-order valence-corrected chi connectivity index (χ1v) is 8.60. The third kappa shape index (κ3) is 3.71. The van der Waals surface area contributed by atoms with Gasteiger partial charge in [0.25, 0.3) is 0 Å². The van der Waals surface area contributed by atoms with Gasteiger partial charge in [0.2, 0.25) is 5.91 Å². The molecule has 1 saturated heterocycles. The first kappa shape index (κ1) is 18.0. The molecule has 2 heterocycles. The molecule has 26 heavy (non-hydrogen) atoms. The molecule has 0 saturated carbocycles. The molecule has 3 rings (SSSR count). The number of ether oxygens (including phenoxy) is 1. The number of nitrogens with zero attached hydrogens (tertiary/aromatic N) is 3. The molecular weight excluding hydrogens is 334 g/mol. The van der Waals surface area contributed by atoms with Crippen LogP contribution < -0.4 is 4.74 Å². The van der Waals surface area contributed by atoms with Gasteiger partial charge in [-0.15, -0.1) is 0 Å². The van der Waals surface area contributed by atoms with Crippen LogP contribution in [0, 0.1) is 5.92 Å². The Morgan fingerprint density at radius 2 is 2.08 bits per heavy atom. The van der Waals surface area contributed by atoms with Gasteiger partial charge in [-0.2, -0.15) is 5.10 Å². The van der Waals surface area contributed by atoms with Gasteiger partial charge in [0.15, 0.2) is 0 Å². The quantitative estimate of drug-likeness (QED) is 0.850. The summed E-state index contributed by atoms with van der Waals surface area (Å²) >= 11 is 0. The minimum atomic E-state index is -0.886. The number of rotatable bonds is 6. The fourth-order valence-electron chi connectivity index (χ4n) is 3.56. The van der Waals surface area contributed by atoms with Gasteiger partial charge in [0.1, 0.15) is 5.75 Å². The van der Waals surface area contributed by atoms with Crippen molar-refractivity contribution in [2.45, 2.75) is 18.8 Å². The van der Waals surface area contributed by atoms with Gasteiger partial charge >= 0.3 is 5.97 Å². The normalized spacial score (nSPS) is 19.5. The number of carboxylic acid groups (broad SMARTS) is 1. The Kier molecular flexibility index (Phi) is 5.25. The summed E-state index contributed by atoms with van der Waals surface area (Å²) < 4.78 is 7.09. The van der Waals surface area contributed by atoms with Gasteiger partial charge in [-0.1, -0.05) is 18.2 Å². The van der Waals surface area contributed by atoms with Gasteiger partial charge in [-0.25, -0.2) is 0 Å². The molecule has 1 aliphatic heterocycles. The maximum atomic E-state index is 12.6. The zero-order valence-electron chi connectivity index (χ0n) is 15.0. The van der Waals surface area contributed by atoms with E-state index in [1.807, 2.05) is 37.5 Å². The second-order valence-corrected chi connectivity index (χ2v) is 6.61. The molecule has 0 bridgehead atoms. The predicted molar refractivity (Wildman–Crippen MR) is 95.0 cm³/mol. The number of amides is 1. The molecule has 1 aromatic carbocycles. The number of carboxylic acids is 1. The van der Waals surface area contributed by atoms with Crippen LogP contribution in [0.15, 0.2) is 36.7 Å². The topological polar surface area (TPSA) is 84.7 Å². The zero-order chi connectivity index (χ0) is 18.7. The number of hydrogen-bond donors (Lipinski definition) is 1. The molecule has 1 aliphatic rings. The Balaban J connectivity index is 1.72. The lowest BCUT2D eigenvalue weighted by Gasteiger charge is -2.18. The van der Waals surface area contributed by atoms with Gasteiger partial charge in [0.05, 0.1) is 19.2 Å². The molecule has 1 amide bonds. The number of hydrogen-bond acceptors (Lipinski definition) is 4. The number of aromatic nitrogens is 2. The predicted octanol–water partition coefficient (Wildman–Crippen LogP) is 1.69. The summed E-state index contributed by atoms with van der Waals surface area (Å²) in [6, 6.07) is 7.41. The first-order chi connectivity index (χ1) is 12.5. The lowest BCUT2D eigenvalue weighted by Crippen LogP contribution is -2.30. The summed E-state index contributed by atoms with van der Waals surface area (Å²) in [7, 11) is 3.40. The van der Waals surface area contributed by atoms with Crippen LogP contribution in [0.25, 0.3) is 0 Å². The van der Waals surface area contributed by atoms with Crippen molar-refractivity contribution in [3.8, 4) is 5.75 Å². The number of benzene rings is 1. The Bertz CT molecular complexity index is 802. The molecule has 0 radical (unpaired) electrons. The van der Waals surface area contributed by atoms with E-state index >= 15 is 0 Å². The van der Waals surface area contributed by atoms with Crippen molar-refractivity contribution in [3.05, 3.63) is 47.8 Å². The van der Waals surface area contributed by atoms with Gasteiger partial charge < -0.3 is 14.7 Å². The molecule has 0 spiro atoms. The van der Waals surface area contributed by atoms with E-state index in [2.05, 4.69) is 5.10 Å². The van der Waals surface area contributed by atoms with Crippen molar-refractivity contribution in [2.75, 3.05) is 20.2 Å². The second-order valence-electron chi connectivity index (χ2n) is 6.61. The standard InChI is InChI=1S/C19H23N3O4/c1-21-10-13(9-20-21)7-8-18(23)22-11-15(16(12-22)19(24)25)14-5-3-4-6-17(14)26-2/h3-6,9-10,15-16H,7-8,11-12H2,1-2H3,(H,24,25)/t15-,16+/m1/s1. The average molecular weight is 357 g/mol. The Morgan fingerprint density at radius 3 is 2.73 bits per heavy atom. The van der Waals surface area contributed by atoms with Crippen LogP contribution in [0.5, 0.6) is 5.75 Å². The number of aliphatic carboxylic acids is 1. The minimum Gasteiger partial charge on any atom is -0.496 e. The molecule has 0 unspecified atom stereocenters. The maximum Gasteiger partial charge on any atom is 0.308 e. The zero-order valence-corrected chi connectivity index (χ0v) is 15.0. The largest absolute Gasteiger partial charge is 0.496 e. The van der Waals surface area contributed by atoms with E-state index in [0.29, 0.717) is 25.1 Å². The molecular formula is C19H23N3O4. The van der Waals surface area contributed by atoms with Crippen LogP contribution in [0.2, 0.25) is 0 Å². The fourth-order valence-corrected chi connectivity index (χ4v) is 3.56. The molecule has 1 aromatic heterocycles. The third-order valence-electron chi connectivity index (χ3n) is 4.91. The van der Waals surface area contributed by atoms with Crippen LogP contribution in [-0.2, 0) is 23.1 Å². The van der Waals surface area contributed by atoms with E-state index in [4.69, 9.17) is 4.74 Å². The van der Waals surface area contributed by atoms with E-state index in [9.17, 15) is 14.7 Å². The summed E-state index contributed by atoms with van der Waals surface area (Å²) in [5, 5.41) is 13.7. The molecule has 138 valence electrons. The highest BCUT2D eigenvalue weighted by Crippen LogP contribution is 2.37. The highest BCUT2D eigenvalue weighted by Gasteiger charge is 2.41. The molecule has 2 aromatic rings. The number of carbonyl (C=O) groups excluding carboxylic acids is 1. The van der Waals surface area contributed by atoms with Gasteiger partial charge in [-0.3, -0.25) is 14.3 Å². The third-order valence-corrected chi connectivity index (χ3v) is 4.91. The highest BCUT2D eigenvalue weighted by molar-refractivity contribution is 5.80. The summed E-state index contributed by atoms with van der Waals surface area (Å²) in [5.74, 6) is -1.16. The second kappa shape index (κ2) is 7.59. The summed E-state index contributed by atoms with van der Waals surface area (Å²) in [6.45, 7) is 0.618. The van der Waals surface area contributed by atoms with Crippen molar-refractivity contribution < 1.29 is 19.4 Å². The van der Waals surface area contributed by atoms with Crippen molar-refractivity contribution >= 4 is 11.9 Å². The fraction of sp³-hybridized carbons (Fsp3) is 0.421. The molecule has 1 N–H and O–H groups in total. The summed E-state index contributed by atoms with van der Waals surface area (Å²) in [6.07, 6.45) is 4.57. The van der Waals surface area contributed by atoms with Crippen molar-refractivity contribution in [3.63, 3.8) is 0 Å². The maximum absolute atomic E-state index is 12.6. The van der Waals surface area contributed by atoms with Crippen molar-refractivity contribution in [1.82, 2.24) is 14.7 Å². The molecule has 2 atom stereocenters. The smallest absolute Gasteiger partial charge is 0.308 e. The van der Waals surface area contributed by atoms with Gasteiger partial charge in [0, 0.05) is 38.7 Å². The number of likely N-dealkylation sites (tertiary alicyclic amines) is 1. The average Bonchev–Trinajstić information content (AvgIpc) is 3.26. The summed E-state index contributed by atoms with van der Waals surface area (Å²) in [4.78, 5) is 26.0. The van der Waals surface area contributed by atoms with Crippen molar-refractivity contribution in [2.24, 2.45) is 13.0 Å². The molecule has 1 fully saturated rings. The van der Waals surface area contributed by atoms with Crippen LogP contribution in [0.1, 0.15) is 23.5 Å². The van der Waals surface area contributed by atoms with Crippen LogP contribution in [0.4, 0.5) is 0 Å².